The van der Waals surface area contributed by atoms with Crippen molar-refractivity contribution in [2.45, 2.75) is 25.9 Å². The van der Waals surface area contributed by atoms with Crippen molar-refractivity contribution in [2.75, 3.05) is 13.1 Å². The summed E-state index contributed by atoms with van der Waals surface area (Å²) in [5.41, 5.74) is 0.948. The number of nitrogens with zero attached hydrogens (tertiary/aromatic N) is 4. The standard InChI is InChI=1S/C14H19N5OS/c1-9-6-19(7-10(2)17-9)14(20)12-5-15-13(21-12)11-4-16-18(3)8-11/h4-5,8-10,17H,6-7H2,1-3H3/t9-,10-/m0/s1. The molecule has 0 bridgehead atoms. The van der Waals surface area contributed by atoms with Gasteiger partial charge >= 0.3 is 0 Å². The van der Waals surface area contributed by atoms with Crippen LogP contribution in [0.25, 0.3) is 10.6 Å². The van der Waals surface area contributed by atoms with E-state index in [1.54, 1.807) is 17.1 Å². The molecule has 3 rings (SSSR count). The first-order valence-corrected chi connectivity index (χ1v) is 7.84. The molecule has 2 aromatic heterocycles. The number of piperazine rings is 1. The fourth-order valence-electron chi connectivity index (χ4n) is 2.69. The van der Waals surface area contributed by atoms with Crippen molar-refractivity contribution in [3.63, 3.8) is 0 Å². The fourth-order valence-corrected chi connectivity index (χ4v) is 3.55. The van der Waals surface area contributed by atoms with Gasteiger partial charge in [0.15, 0.2) is 0 Å². The molecule has 0 saturated carbocycles. The van der Waals surface area contributed by atoms with E-state index in [4.69, 9.17) is 0 Å². The number of carbonyl (C=O) groups is 1. The number of amides is 1. The Balaban J connectivity index is 1.78. The molecule has 2 atom stereocenters. The van der Waals surface area contributed by atoms with Gasteiger partial charge in [-0.25, -0.2) is 4.98 Å². The largest absolute Gasteiger partial charge is 0.335 e. The molecule has 0 unspecified atom stereocenters. The van der Waals surface area contributed by atoms with E-state index in [0.717, 1.165) is 23.7 Å². The summed E-state index contributed by atoms with van der Waals surface area (Å²) in [5.74, 6) is 0.0721. The van der Waals surface area contributed by atoms with E-state index >= 15 is 0 Å². The van der Waals surface area contributed by atoms with Crippen LogP contribution in [-0.4, -0.2) is 50.7 Å². The Hall–Kier alpha value is -1.73. The maximum Gasteiger partial charge on any atom is 0.265 e. The number of rotatable bonds is 2. The molecule has 3 heterocycles. The van der Waals surface area contributed by atoms with Crippen LogP contribution in [0.5, 0.6) is 0 Å². The lowest BCUT2D eigenvalue weighted by molar-refractivity contribution is 0.0678. The van der Waals surface area contributed by atoms with Crippen molar-refractivity contribution in [3.8, 4) is 10.6 Å². The van der Waals surface area contributed by atoms with Gasteiger partial charge in [-0.05, 0) is 13.8 Å². The summed E-state index contributed by atoms with van der Waals surface area (Å²) in [6.45, 7) is 5.68. The third kappa shape index (κ3) is 2.98. The molecule has 1 amide bonds. The summed E-state index contributed by atoms with van der Waals surface area (Å²) >= 11 is 1.43. The van der Waals surface area contributed by atoms with Crippen LogP contribution in [0.4, 0.5) is 0 Å². The quantitative estimate of drug-likeness (QED) is 0.910. The second-order valence-electron chi connectivity index (χ2n) is 5.61. The normalized spacial score (nSPS) is 22.5. The summed E-state index contributed by atoms with van der Waals surface area (Å²) in [4.78, 5) is 19.5. The van der Waals surface area contributed by atoms with Crippen LogP contribution < -0.4 is 5.32 Å². The number of hydrogen-bond donors (Lipinski definition) is 1. The number of hydrogen-bond acceptors (Lipinski definition) is 5. The molecule has 1 aliphatic rings. The SMILES string of the molecule is C[C@H]1CN(C(=O)c2cnc(-c3cnn(C)c3)s2)C[C@H](C)N1. The number of nitrogens with one attached hydrogen (secondary N) is 1. The monoisotopic (exact) mass is 305 g/mol. The van der Waals surface area contributed by atoms with Crippen molar-refractivity contribution < 1.29 is 4.79 Å². The van der Waals surface area contributed by atoms with Crippen molar-refractivity contribution >= 4 is 17.2 Å². The zero-order valence-corrected chi connectivity index (χ0v) is 13.2. The molecular formula is C14H19N5OS. The second kappa shape index (κ2) is 5.57. The van der Waals surface area contributed by atoms with E-state index in [9.17, 15) is 4.79 Å². The number of thiazole rings is 1. The zero-order valence-electron chi connectivity index (χ0n) is 12.4. The lowest BCUT2D eigenvalue weighted by Crippen LogP contribution is -2.55. The van der Waals surface area contributed by atoms with Crippen molar-refractivity contribution in [2.24, 2.45) is 7.05 Å². The average molecular weight is 305 g/mol. The summed E-state index contributed by atoms with van der Waals surface area (Å²) in [6, 6.07) is 0.645. The average Bonchev–Trinajstić information content (AvgIpc) is 3.05. The van der Waals surface area contributed by atoms with Gasteiger partial charge in [0.25, 0.3) is 5.91 Å². The van der Waals surface area contributed by atoms with Crippen LogP contribution in [0.3, 0.4) is 0 Å². The lowest BCUT2D eigenvalue weighted by atomic mass is 10.1. The highest BCUT2D eigenvalue weighted by molar-refractivity contribution is 7.16. The highest BCUT2D eigenvalue weighted by Crippen LogP contribution is 2.25. The van der Waals surface area contributed by atoms with Crippen LogP contribution in [0.2, 0.25) is 0 Å². The second-order valence-corrected chi connectivity index (χ2v) is 6.64. The number of aromatic nitrogens is 3. The minimum atomic E-state index is 0.0721. The first-order valence-electron chi connectivity index (χ1n) is 7.03. The molecule has 7 heteroatoms. The molecule has 1 saturated heterocycles. The van der Waals surface area contributed by atoms with E-state index in [-0.39, 0.29) is 5.91 Å². The number of carbonyl (C=O) groups excluding carboxylic acids is 1. The Morgan fingerprint density at radius 3 is 2.67 bits per heavy atom. The van der Waals surface area contributed by atoms with E-state index in [0.29, 0.717) is 17.0 Å². The molecule has 0 aliphatic carbocycles. The van der Waals surface area contributed by atoms with Gasteiger partial charge in [-0.1, -0.05) is 0 Å². The van der Waals surface area contributed by atoms with Gasteiger partial charge in [-0.2, -0.15) is 5.10 Å². The van der Waals surface area contributed by atoms with Gasteiger partial charge in [0, 0.05) is 44.0 Å². The highest BCUT2D eigenvalue weighted by atomic mass is 32.1. The predicted molar refractivity (Wildman–Crippen MR) is 82.3 cm³/mol. The Morgan fingerprint density at radius 2 is 2.05 bits per heavy atom. The third-order valence-electron chi connectivity index (χ3n) is 3.51. The Bertz CT molecular complexity index is 639. The van der Waals surface area contributed by atoms with E-state index in [2.05, 4.69) is 29.2 Å². The topological polar surface area (TPSA) is 63.1 Å². The maximum atomic E-state index is 12.6. The van der Waals surface area contributed by atoms with Crippen molar-refractivity contribution in [3.05, 3.63) is 23.5 Å². The first kappa shape index (κ1) is 14.2. The molecule has 1 fully saturated rings. The van der Waals surface area contributed by atoms with E-state index < -0.39 is 0 Å². The highest BCUT2D eigenvalue weighted by Gasteiger charge is 2.26. The summed E-state index contributed by atoms with van der Waals surface area (Å²) < 4.78 is 1.73. The maximum absolute atomic E-state index is 12.6. The van der Waals surface area contributed by atoms with Gasteiger partial charge in [-0.3, -0.25) is 9.48 Å². The van der Waals surface area contributed by atoms with Crippen molar-refractivity contribution in [1.29, 1.82) is 0 Å². The molecule has 21 heavy (non-hydrogen) atoms. The van der Waals surface area contributed by atoms with E-state index in [1.165, 1.54) is 11.3 Å². The Morgan fingerprint density at radius 1 is 1.33 bits per heavy atom. The van der Waals surface area contributed by atoms with Gasteiger partial charge in [0.2, 0.25) is 0 Å². The van der Waals surface area contributed by atoms with Crippen LogP contribution >= 0.6 is 11.3 Å². The van der Waals surface area contributed by atoms with Gasteiger partial charge < -0.3 is 10.2 Å². The molecule has 0 aromatic carbocycles. The Labute approximate surface area is 127 Å². The first-order chi connectivity index (χ1) is 10.0. The molecular weight excluding hydrogens is 286 g/mol. The van der Waals surface area contributed by atoms with Crippen molar-refractivity contribution in [1.82, 2.24) is 25.0 Å². The van der Waals surface area contributed by atoms with Gasteiger partial charge in [0.1, 0.15) is 9.88 Å². The smallest absolute Gasteiger partial charge is 0.265 e. The predicted octanol–water partition coefficient (Wildman–Crippen LogP) is 1.37. The number of aryl methyl sites for hydroxylation is 1. The lowest BCUT2D eigenvalue weighted by Gasteiger charge is -2.35. The molecule has 2 aromatic rings. The molecule has 0 spiro atoms. The molecule has 112 valence electrons. The van der Waals surface area contributed by atoms with Gasteiger partial charge in [0.05, 0.1) is 12.4 Å². The summed E-state index contributed by atoms with van der Waals surface area (Å²) in [6.07, 6.45) is 5.34. The Kier molecular flexibility index (Phi) is 3.77. The van der Waals surface area contributed by atoms with Crippen LogP contribution in [0.1, 0.15) is 23.5 Å². The minimum absolute atomic E-state index is 0.0721. The fraction of sp³-hybridized carbons (Fsp3) is 0.500. The third-order valence-corrected chi connectivity index (χ3v) is 4.55. The summed E-state index contributed by atoms with van der Waals surface area (Å²) in [5, 5.41) is 8.40. The van der Waals surface area contributed by atoms with Crippen LogP contribution in [-0.2, 0) is 7.05 Å². The molecule has 6 nitrogen and oxygen atoms in total. The molecule has 0 radical (unpaired) electrons. The minimum Gasteiger partial charge on any atom is -0.335 e. The molecule has 1 aliphatic heterocycles. The summed E-state index contributed by atoms with van der Waals surface area (Å²) in [7, 11) is 1.87. The molecule has 1 N–H and O–H groups in total. The van der Waals surface area contributed by atoms with E-state index in [1.807, 2.05) is 18.1 Å². The van der Waals surface area contributed by atoms with Crippen LogP contribution in [0.15, 0.2) is 18.6 Å². The van der Waals surface area contributed by atoms with Gasteiger partial charge in [-0.15, -0.1) is 11.3 Å². The zero-order chi connectivity index (χ0) is 15.0. The van der Waals surface area contributed by atoms with Crippen LogP contribution in [0, 0.1) is 0 Å².